The number of aromatic nitrogens is 3. The van der Waals surface area contributed by atoms with Crippen LogP contribution in [0.15, 0.2) is 36.4 Å². The molecular weight excluding hydrogens is 479 g/mol. The number of amides is 1. The SMILES string of the molecule is Cc1ccc(OC(=O)Nc2cc3nc(C)c(CC(=O)O)c(-c4cc(F)c5c(c4C)CCCO5)n3n2)cc1. The number of hydrogen-bond acceptors (Lipinski definition) is 6. The van der Waals surface area contributed by atoms with Gasteiger partial charge in [0.25, 0.3) is 0 Å². The molecule has 1 amide bonds. The van der Waals surface area contributed by atoms with Crippen LogP contribution in [-0.2, 0) is 17.6 Å². The zero-order chi connectivity index (χ0) is 26.3. The number of rotatable bonds is 5. The van der Waals surface area contributed by atoms with Crippen LogP contribution >= 0.6 is 0 Å². The highest BCUT2D eigenvalue weighted by molar-refractivity contribution is 5.86. The predicted octanol–water partition coefficient (Wildman–Crippen LogP) is 5.02. The lowest BCUT2D eigenvalue weighted by molar-refractivity contribution is -0.136. The van der Waals surface area contributed by atoms with Crippen molar-refractivity contribution < 1.29 is 28.6 Å². The van der Waals surface area contributed by atoms with E-state index in [2.05, 4.69) is 15.4 Å². The highest BCUT2D eigenvalue weighted by Gasteiger charge is 2.26. The number of carboxylic acid groups (broad SMARTS) is 1. The van der Waals surface area contributed by atoms with Crippen molar-refractivity contribution in [3.8, 4) is 22.8 Å². The van der Waals surface area contributed by atoms with Crippen molar-refractivity contribution in [2.24, 2.45) is 0 Å². The Hall–Kier alpha value is -4.47. The van der Waals surface area contributed by atoms with Gasteiger partial charge in [-0.05, 0) is 57.4 Å². The quantitative estimate of drug-likeness (QED) is 0.392. The van der Waals surface area contributed by atoms with Crippen LogP contribution in [0.25, 0.3) is 16.9 Å². The Kier molecular flexibility index (Phi) is 6.24. The molecular formula is C27H25FN4O5. The van der Waals surface area contributed by atoms with Crippen LogP contribution in [-0.4, -0.2) is 38.4 Å². The van der Waals surface area contributed by atoms with Crippen molar-refractivity contribution in [3.63, 3.8) is 0 Å². The Morgan fingerprint density at radius 3 is 2.68 bits per heavy atom. The number of aliphatic carboxylic acids is 1. The molecule has 0 saturated carbocycles. The lowest BCUT2D eigenvalue weighted by atomic mass is 9.91. The van der Waals surface area contributed by atoms with Crippen molar-refractivity contribution in [2.75, 3.05) is 11.9 Å². The van der Waals surface area contributed by atoms with E-state index in [0.717, 1.165) is 23.1 Å². The van der Waals surface area contributed by atoms with E-state index in [-0.39, 0.29) is 18.0 Å². The van der Waals surface area contributed by atoms with Crippen LogP contribution in [0.1, 0.15) is 34.4 Å². The molecule has 0 atom stereocenters. The summed E-state index contributed by atoms with van der Waals surface area (Å²) in [5.41, 5.74) is 4.67. The number of ether oxygens (including phenoxy) is 2. The fourth-order valence-corrected chi connectivity index (χ4v) is 4.60. The molecule has 1 aliphatic rings. The lowest BCUT2D eigenvalue weighted by Gasteiger charge is -2.23. The molecule has 0 radical (unpaired) electrons. The summed E-state index contributed by atoms with van der Waals surface area (Å²) < 4.78 is 27.5. The van der Waals surface area contributed by atoms with E-state index in [0.29, 0.717) is 46.9 Å². The van der Waals surface area contributed by atoms with E-state index in [1.807, 2.05) is 26.0 Å². The molecule has 9 nitrogen and oxygen atoms in total. The number of aryl methyl sites for hydroxylation is 2. The van der Waals surface area contributed by atoms with Crippen molar-refractivity contribution in [1.82, 2.24) is 14.6 Å². The van der Waals surface area contributed by atoms with Gasteiger partial charge in [-0.1, -0.05) is 17.7 Å². The maximum atomic E-state index is 15.1. The Labute approximate surface area is 211 Å². The molecule has 0 aliphatic carbocycles. The third kappa shape index (κ3) is 4.69. The smallest absolute Gasteiger partial charge is 0.418 e. The van der Waals surface area contributed by atoms with Gasteiger partial charge in [0.2, 0.25) is 0 Å². The zero-order valence-electron chi connectivity index (χ0n) is 20.6. The second-order valence-electron chi connectivity index (χ2n) is 9.01. The Bertz CT molecular complexity index is 1550. The summed E-state index contributed by atoms with van der Waals surface area (Å²) in [6.45, 7) is 5.92. The first kappa shape index (κ1) is 24.2. The van der Waals surface area contributed by atoms with Crippen molar-refractivity contribution >= 4 is 23.5 Å². The van der Waals surface area contributed by atoms with Gasteiger partial charge in [-0.25, -0.2) is 18.7 Å². The molecule has 2 aromatic carbocycles. The minimum Gasteiger partial charge on any atom is -0.490 e. The maximum Gasteiger partial charge on any atom is 0.418 e. The van der Waals surface area contributed by atoms with Gasteiger partial charge in [0, 0.05) is 28.5 Å². The normalized spacial score (nSPS) is 12.6. The Morgan fingerprint density at radius 1 is 1.19 bits per heavy atom. The van der Waals surface area contributed by atoms with Crippen LogP contribution in [0, 0.1) is 26.6 Å². The molecule has 0 spiro atoms. The minimum absolute atomic E-state index is 0.150. The van der Waals surface area contributed by atoms with E-state index < -0.39 is 17.9 Å². The zero-order valence-corrected chi connectivity index (χ0v) is 20.6. The molecule has 0 saturated heterocycles. The van der Waals surface area contributed by atoms with Crippen molar-refractivity contribution in [1.29, 1.82) is 0 Å². The maximum absolute atomic E-state index is 15.1. The molecule has 10 heteroatoms. The van der Waals surface area contributed by atoms with Gasteiger partial charge in [-0.3, -0.25) is 10.1 Å². The molecule has 190 valence electrons. The Balaban J connectivity index is 1.61. The van der Waals surface area contributed by atoms with Gasteiger partial charge in [0.1, 0.15) is 5.75 Å². The number of hydrogen-bond donors (Lipinski definition) is 2. The highest BCUT2D eigenvalue weighted by atomic mass is 19.1. The number of fused-ring (bicyclic) bond motifs is 2. The first-order chi connectivity index (χ1) is 17.7. The number of anilines is 1. The van der Waals surface area contributed by atoms with E-state index in [1.165, 1.54) is 10.6 Å². The fraction of sp³-hybridized carbons (Fsp3) is 0.259. The van der Waals surface area contributed by atoms with Crippen molar-refractivity contribution in [3.05, 3.63) is 70.2 Å². The van der Waals surface area contributed by atoms with E-state index in [1.54, 1.807) is 25.1 Å². The number of benzene rings is 2. The van der Waals surface area contributed by atoms with Crippen LogP contribution in [0.4, 0.5) is 15.0 Å². The molecule has 2 N–H and O–H groups in total. The number of nitrogens with zero attached hydrogens (tertiary/aromatic N) is 3. The molecule has 37 heavy (non-hydrogen) atoms. The summed E-state index contributed by atoms with van der Waals surface area (Å²) in [6, 6.07) is 9.89. The first-order valence-electron chi connectivity index (χ1n) is 11.8. The van der Waals surface area contributed by atoms with Gasteiger partial charge in [0.05, 0.1) is 18.7 Å². The summed E-state index contributed by atoms with van der Waals surface area (Å²) in [4.78, 5) is 28.7. The standard InChI is InChI=1S/C27H25FN4O5/c1-14-6-8-17(9-7-14)37-27(35)30-22-13-23-29-16(3)20(12-24(33)34)25(32(23)31-22)19-11-21(28)26-18(15(19)2)5-4-10-36-26/h6-9,11,13H,4-5,10,12H2,1-3H3,(H,33,34)(H,30,31,35). The van der Waals surface area contributed by atoms with Crippen LogP contribution in [0.3, 0.4) is 0 Å². The van der Waals surface area contributed by atoms with Gasteiger partial charge >= 0.3 is 12.1 Å². The molecule has 1 aliphatic heterocycles. The molecule has 0 fully saturated rings. The monoisotopic (exact) mass is 504 g/mol. The van der Waals surface area contributed by atoms with E-state index in [4.69, 9.17) is 9.47 Å². The first-order valence-corrected chi connectivity index (χ1v) is 11.8. The predicted molar refractivity (Wildman–Crippen MR) is 134 cm³/mol. The third-order valence-electron chi connectivity index (χ3n) is 6.39. The fourth-order valence-electron chi connectivity index (χ4n) is 4.60. The van der Waals surface area contributed by atoms with Gasteiger partial charge in [0.15, 0.2) is 23.0 Å². The lowest BCUT2D eigenvalue weighted by Crippen LogP contribution is -2.17. The largest absolute Gasteiger partial charge is 0.490 e. The van der Waals surface area contributed by atoms with Gasteiger partial charge < -0.3 is 14.6 Å². The van der Waals surface area contributed by atoms with E-state index >= 15 is 4.39 Å². The number of halogens is 1. The summed E-state index contributed by atoms with van der Waals surface area (Å²) in [6.07, 6.45) is 0.313. The number of carboxylic acids is 1. The molecule has 0 unspecified atom stereocenters. The molecule has 3 heterocycles. The molecule has 0 bridgehead atoms. The summed E-state index contributed by atoms with van der Waals surface area (Å²) in [5.74, 6) is -0.829. The summed E-state index contributed by atoms with van der Waals surface area (Å²) in [5, 5.41) is 16.7. The highest BCUT2D eigenvalue weighted by Crippen LogP contribution is 2.39. The third-order valence-corrected chi connectivity index (χ3v) is 6.39. The number of nitrogens with one attached hydrogen (secondary N) is 1. The second kappa shape index (κ2) is 9.53. The average molecular weight is 505 g/mol. The van der Waals surface area contributed by atoms with Gasteiger partial charge in [-0.15, -0.1) is 5.10 Å². The summed E-state index contributed by atoms with van der Waals surface area (Å²) in [7, 11) is 0. The topological polar surface area (TPSA) is 115 Å². The van der Waals surface area contributed by atoms with Crippen LogP contribution in [0.5, 0.6) is 11.5 Å². The second-order valence-corrected chi connectivity index (χ2v) is 9.01. The van der Waals surface area contributed by atoms with Crippen LogP contribution < -0.4 is 14.8 Å². The summed E-state index contributed by atoms with van der Waals surface area (Å²) >= 11 is 0. The average Bonchev–Trinajstić information content (AvgIpc) is 3.24. The molecule has 2 aromatic heterocycles. The van der Waals surface area contributed by atoms with Crippen molar-refractivity contribution in [2.45, 2.75) is 40.0 Å². The Morgan fingerprint density at radius 2 is 1.95 bits per heavy atom. The number of carbonyl (C=O) groups is 2. The molecule has 4 aromatic rings. The number of carbonyl (C=O) groups excluding carboxylic acids is 1. The van der Waals surface area contributed by atoms with Crippen LogP contribution in [0.2, 0.25) is 0 Å². The van der Waals surface area contributed by atoms with E-state index in [9.17, 15) is 14.7 Å². The van der Waals surface area contributed by atoms with Gasteiger partial charge in [-0.2, -0.15) is 0 Å². The molecule has 5 rings (SSSR count). The minimum atomic E-state index is -1.06.